The first-order valence-corrected chi connectivity index (χ1v) is 9.08. The molecule has 0 saturated heterocycles. The maximum Gasteiger partial charge on any atom is 0.142 e. The van der Waals surface area contributed by atoms with Crippen molar-refractivity contribution in [1.29, 1.82) is 0 Å². The van der Waals surface area contributed by atoms with Gasteiger partial charge in [0, 0.05) is 18.3 Å². The SMILES string of the molecule is C=C(CC)NC.C=O.C=O.Cc1ccc(-c2c(-c3ccccc3)noc2C)cc1. The maximum atomic E-state index is 8.00. The monoisotopic (exact) mass is 394 g/mol. The third kappa shape index (κ3) is 7.97. The molecule has 29 heavy (non-hydrogen) atoms. The van der Waals surface area contributed by atoms with E-state index < -0.39 is 0 Å². The van der Waals surface area contributed by atoms with Crippen molar-refractivity contribution in [1.82, 2.24) is 10.5 Å². The Labute approximate surface area is 173 Å². The Morgan fingerprint density at radius 2 is 1.48 bits per heavy atom. The van der Waals surface area contributed by atoms with Crippen LogP contribution in [0.1, 0.15) is 24.7 Å². The van der Waals surface area contributed by atoms with Crippen molar-refractivity contribution >= 4 is 13.6 Å². The van der Waals surface area contributed by atoms with Crippen LogP contribution in [0.2, 0.25) is 0 Å². The second kappa shape index (κ2) is 14.6. The number of aryl methyl sites for hydroxylation is 2. The zero-order valence-corrected chi connectivity index (χ0v) is 17.7. The van der Waals surface area contributed by atoms with Gasteiger partial charge in [-0.2, -0.15) is 0 Å². The topological polar surface area (TPSA) is 72.2 Å². The molecule has 0 radical (unpaired) electrons. The van der Waals surface area contributed by atoms with Crippen LogP contribution in [0.25, 0.3) is 22.4 Å². The van der Waals surface area contributed by atoms with E-state index in [1.54, 1.807) is 0 Å². The van der Waals surface area contributed by atoms with Gasteiger partial charge in [0.1, 0.15) is 25.0 Å². The molecule has 0 unspecified atom stereocenters. The van der Waals surface area contributed by atoms with Gasteiger partial charge < -0.3 is 19.4 Å². The molecule has 0 amide bonds. The molecule has 0 aliphatic heterocycles. The Bertz CT molecular complexity index is 832. The lowest BCUT2D eigenvalue weighted by atomic mass is 9.99. The molecule has 0 aliphatic carbocycles. The van der Waals surface area contributed by atoms with Crippen molar-refractivity contribution in [3.63, 3.8) is 0 Å². The largest absolute Gasteiger partial charge is 0.392 e. The van der Waals surface area contributed by atoms with E-state index in [9.17, 15) is 0 Å². The summed E-state index contributed by atoms with van der Waals surface area (Å²) in [6, 6.07) is 18.6. The molecule has 5 nitrogen and oxygen atoms in total. The molecule has 0 bridgehead atoms. The van der Waals surface area contributed by atoms with Crippen molar-refractivity contribution in [2.75, 3.05) is 7.05 Å². The van der Waals surface area contributed by atoms with Gasteiger partial charge in [-0.05, 0) is 25.8 Å². The predicted molar refractivity (Wildman–Crippen MR) is 120 cm³/mol. The Morgan fingerprint density at radius 3 is 1.93 bits per heavy atom. The summed E-state index contributed by atoms with van der Waals surface area (Å²) in [5, 5.41) is 7.13. The number of carbonyl (C=O) groups is 2. The van der Waals surface area contributed by atoms with Gasteiger partial charge in [0.05, 0.1) is 5.56 Å². The fourth-order valence-electron chi connectivity index (χ4n) is 2.40. The number of aromatic nitrogens is 1. The number of allylic oxidation sites excluding steroid dienone is 1. The van der Waals surface area contributed by atoms with Gasteiger partial charge in [-0.3, -0.25) is 0 Å². The minimum atomic E-state index is 0.850. The lowest BCUT2D eigenvalue weighted by Crippen LogP contribution is -2.01. The molecule has 0 spiro atoms. The maximum absolute atomic E-state index is 8.00. The Hall–Kier alpha value is -3.47. The number of hydrogen-bond donors (Lipinski definition) is 1. The Kier molecular flexibility index (Phi) is 12.8. The summed E-state index contributed by atoms with van der Waals surface area (Å²) in [5.74, 6) is 0.850. The van der Waals surface area contributed by atoms with Crippen LogP contribution >= 0.6 is 0 Å². The average molecular weight is 395 g/mol. The second-order valence-electron chi connectivity index (χ2n) is 5.90. The van der Waals surface area contributed by atoms with E-state index in [1.165, 1.54) is 5.56 Å². The predicted octanol–water partition coefficient (Wildman–Crippen LogP) is 5.39. The summed E-state index contributed by atoms with van der Waals surface area (Å²) >= 11 is 0. The van der Waals surface area contributed by atoms with Crippen LogP contribution in [0.5, 0.6) is 0 Å². The van der Waals surface area contributed by atoms with Gasteiger partial charge in [-0.15, -0.1) is 0 Å². The summed E-state index contributed by atoms with van der Waals surface area (Å²) in [5.41, 5.74) is 6.54. The van der Waals surface area contributed by atoms with Crippen molar-refractivity contribution in [3.05, 3.63) is 78.2 Å². The number of nitrogens with zero attached hydrogens (tertiary/aromatic N) is 1. The smallest absolute Gasteiger partial charge is 0.142 e. The molecule has 1 heterocycles. The first-order chi connectivity index (χ1) is 14.1. The first-order valence-electron chi connectivity index (χ1n) is 9.08. The molecule has 3 rings (SSSR count). The van der Waals surface area contributed by atoms with Crippen LogP contribution < -0.4 is 5.32 Å². The minimum Gasteiger partial charge on any atom is -0.392 e. The van der Waals surface area contributed by atoms with Gasteiger partial charge in [0.25, 0.3) is 0 Å². The van der Waals surface area contributed by atoms with Gasteiger partial charge in [0.15, 0.2) is 0 Å². The Morgan fingerprint density at radius 1 is 0.931 bits per heavy atom. The highest BCUT2D eigenvalue weighted by Gasteiger charge is 2.15. The van der Waals surface area contributed by atoms with Gasteiger partial charge in [0.2, 0.25) is 0 Å². The standard InChI is InChI=1S/C17H15NO.C5H11N.2CH2O/c1-12-8-10-14(11-9-12)16-13(2)19-18-17(16)15-6-4-3-5-7-15;1-4-5(2)6-3;2*1-2/h3-11H,1-2H3;6H,2,4H2,1,3H3;2*1H2. The molecule has 0 aliphatic rings. The van der Waals surface area contributed by atoms with Crippen molar-refractivity contribution in [2.24, 2.45) is 0 Å². The molecule has 2 aromatic carbocycles. The van der Waals surface area contributed by atoms with Gasteiger partial charge in [-0.25, -0.2) is 0 Å². The minimum absolute atomic E-state index is 0.850. The highest BCUT2D eigenvalue weighted by molar-refractivity contribution is 5.81. The zero-order chi connectivity index (χ0) is 22.2. The normalized spacial score (nSPS) is 8.83. The zero-order valence-electron chi connectivity index (χ0n) is 17.7. The van der Waals surface area contributed by atoms with Crippen LogP contribution in [-0.4, -0.2) is 25.8 Å². The lowest BCUT2D eigenvalue weighted by molar-refractivity contribution is -0.0987. The number of carbonyl (C=O) groups excluding carboxylic acids is 2. The highest BCUT2D eigenvalue weighted by Crippen LogP contribution is 2.34. The molecule has 154 valence electrons. The third-order valence-corrected chi connectivity index (χ3v) is 4.03. The van der Waals surface area contributed by atoms with Crippen LogP contribution in [0.3, 0.4) is 0 Å². The molecule has 1 aromatic heterocycles. The molecular formula is C24H30N2O3. The van der Waals surface area contributed by atoms with E-state index >= 15 is 0 Å². The molecule has 1 N–H and O–H groups in total. The fraction of sp³-hybridized carbons (Fsp3) is 0.208. The Balaban J connectivity index is 0.000000670. The van der Waals surface area contributed by atoms with E-state index in [2.05, 4.69) is 67.3 Å². The van der Waals surface area contributed by atoms with Crippen LogP contribution in [0.4, 0.5) is 0 Å². The second-order valence-corrected chi connectivity index (χ2v) is 5.90. The third-order valence-electron chi connectivity index (χ3n) is 4.03. The van der Waals surface area contributed by atoms with E-state index in [-0.39, 0.29) is 0 Å². The summed E-state index contributed by atoms with van der Waals surface area (Å²) in [7, 11) is 1.88. The molecule has 0 fully saturated rings. The van der Waals surface area contributed by atoms with Gasteiger partial charge >= 0.3 is 0 Å². The van der Waals surface area contributed by atoms with Crippen LogP contribution in [0.15, 0.2) is 71.4 Å². The summed E-state index contributed by atoms with van der Waals surface area (Å²) in [4.78, 5) is 16.0. The van der Waals surface area contributed by atoms with Crippen molar-refractivity contribution in [3.8, 4) is 22.4 Å². The van der Waals surface area contributed by atoms with Gasteiger partial charge in [-0.1, -0.05) is 78.8 Å². The number of benzene rings is 2. The fourth-order valence-corrected chi connectivity index (χ4v) is 2.40. The molecule has 0 atom stereocenters. The number of nitrogens with one attached hydrogen (secondary N) is 1. The molecular weight excluding hydrogens is 364 g/mol. The summed E-state index contributed by atoms with van der Waals surface area (Å²) in [6.07, 6.45) is 1.02. The average Bonchev–Trinajstić information content (AvgIpc) is 3.19. The van der Waals surface area contributed by atoms with Crippen LogP contribution in [-0.2, 0) is 9.59 Å². The van der Waals surface area contributed by atoms with E-state index in [4.69, 9.17) is 14.1 Å². The summed E-state index contributed by atoms with van der Waals surface area (Å²) in [6.45, 7) is 13.8. The first kappa shape index (κ1) is 25.5. The molecule has 5 heteroatoms. The van der Waals surface area contributed by atoms with E-state index in [1.807, 2.05) is 45.7 Å². The lowest BCUT2D eigenvalue weighted by Gasteiger charge is -2.03. The van der Waals surface area contributed by atoms with E-state index in [0.29, 0.717) is 0 Å². The van der Waals surface area contributed by atoms with E-state index in [0.717, 1.165) is 40.3 Å². The highest BCUT2D eigenvalue weighted by atomic mass is 16.5. The number of rotatable bonds is 4. The quantitative estimate of drug-likeness (QED) is 0.643. The van der Waals surface area contributed by atoms with Crippen molar-refractivity contribution in [2.45, 2.75) is 27.2 Å². The molecule has 3 aromatic rings. The van der Waals surface area contributed by atoms with Crippen LogP contribution in [0, 0.1) is 13.8 Å². The van der Waals surface area contributed by atoms with Crippen molar-refractivity contribution < 1.29 is 14.1 Å². The number of hydrogen-bond acceptors (Lipinski definition) is 5. The summed E-state index contributed by atoms with van der Waals surface area (Å²) < 4.78 is 5.38. The molecule has 0 saturated carbocycles.